The normalized spacial score (nSPS) is 9.71. The van der Waals surface area contributed by atoms with Gasteiger partial charge in [-0.25, -0.2) is 0 Å². The lowest BCUT2D eigenvalue weighted by Gasteiger charge is -2.12. The summed E-state index contributed by atoms with van der Waals surface area (Å²) in [4.78, 5) is 0. The molecule has 0 aliphatic carbocycles. The summed E-state index contributed by atoms with van der Waals surface area (Å²) in [5, 5.41) is 12.1. The lowest BCUT2D eigenvalue weighted by molar-refractivity contribution is 0.284. The maximum atomic E-state index is 8.85. The second-order valence-corrected chi connectivity index (χ2v) is 4.35. The van der Waals surface area contributed by atoms with Crippen molar-refractivity contribution in [1.82, 2.24) is 0 Å². The molecule has 0 amide bonds. The molecule has 4 nitrogen and oxygen atoms in total. The Morgan fingerprint density at radius 2 is 1.81 bits per heavy atom. The van der Waals surface area contributed by atoms with Gasteiger partial charge in [0, 0.05) is 12.2 Å². The van der Waals surface area contributed by atoms with Crippen LogP contribution in [0.4, 0.5) is 5.69 Å². The quantitative estimate of drug-likeness (QED) is 0.790. The van der Waals surface area contributed by atoms with Crippen molar-refractivity contribution in [3.05, 3.63) is 54.1 Å². The van der Waals surface area contributed by atoms with Crippen LogP contribution in [0.2, 0.25) is 0 Å². The number of benzene rings is 2. The van der Waals surface area contributed by atoms with Crippen molar-refractivity contribution in [2.75, 3.05) is 25.1 Å². The molecule has 0 aliphatic rings. The Labute approximate surface area is 124 Å². The van der Waals surface area contributed by atoms with Gasteiger partial charge in [-0.05, 0) is 37.3 Å². The molecule has 0 spiro atoms. The van der Waals surface area contributed by atoms with Crippen molar-refractivity contribution in [3.8, 4) is 17.6 Å². The Kier molecular flexibility index (Phi) is 5.48. The second kappa shape index (κ2) is 7.81. The molecule has 0 unspecified atom stereocenters. The third-order valence-corrected chi connectivity index (χ3v) is 2.83. The van der Waals surface area contributed by atoms with Crippen molar-refractivity contribution < 1.29 is 9.47 Å². The van der Waals surface area contributed by atoms with Crippen molar-refractivity contribution in [3.63, 3.8) is 0 Å². The van der Waals surface area contributed by atoms with Gasteiger partial charge < -0.3 is 14.8 Å². The highest BCUT2D eigenvalue weighted by Crippen LogP contribution is 2.26. The SMILES string of the molecule is CCOc1ccccc1OCCNc1cccc(C#N)c1. The third kappa shape index (κ3) is 4.43. The first-order chi connectivity index (χ1) is 10.3. The number of nitrogens with one attached hydrogen (secondary N) is 1. The second-order valence-electron chi connectivity index (χ2n) is 4.35. The van der Waals surface area contributed by atoms with E-state index in [1.54, 1.807) is 6.07 Å². The molecular weight excluding hydrogens is 264 g/mol. The van der Waals surface area contributed by atoms with Gasteiger partial charge in [0.05, 0.1) is 18.2 Å². The van der Waals surface area contributed by atoms with Gasteiger partial charge in [-0.3, -0.25) is 0 Å². The Bertz CT molecular complexity index is 620. The smallest absolute Gasteiger partial charge is 0.161 e. The van der Waals surface area contributed by atoms with Gasteiger partial charge >= 0.3 is 0 Å². The molecule has 2 rings (SSSR count). The van der Waals surface area contributed by atoms with Crippen LogP contribution in [0.15, 0.2) is 48.5 Å². The number of ether oxygens (including phenoxy) is 2. The lowest BCUT2D eigenvalue weighted by Crippen LogP contribution is -2.12. The summed E-state index contributed by atoms with van der Waals surface area (Å²) in [5.41, 5.74) is 1.55. The van der Waals surface area contributed by atoms with Gasteiger partial charge in [0.2, 0.25) is 0 Å². The lowest BCUT2D eigenvalue weighted by atomic mass is 10.2. The summed E-state index contributed by atoms with van der Waals surface area (Å²) >= 11 is 0. The van der Waals surface area contributed by atoms with E-state index >= 15 is 0 Å². The van der Waals surface area contributed by atoms with E-state index in [4.69, 9.17) is 14.7 Å². The largest absolute Gasteiger partial charge is 0.490 e. The zero-order valence-electron chi connectivity index (χ0n) is 12.0. The number of nitrogens with zero attached hydrogens (tertiary/aromatic N) is 1. The maximum Gasteiger partial charge on any atom is 0.161 e. The van der Waals surface area contributed by atoms with E-state index in [2.05, 4.69) is 11.4 Å². The van der Waals surface area contributed by atoms with Gasteiger partial charge in [-0.15, -0.1) is 0 Å². The molecular formula is C17H18N2O2. The van der Waals surface area contributed by atoms with E-state index < -0.39 is 0 Å². The first kappa shape index (κ1) is 14.7. The molecule has 0 saturated carbocycles. The van der Waals surface area contributed by atoms with Crippen LogP contribution in [0, 0.1) is 11.3 Å². The van der Waals surface area contributed by atoms with Gasteiger partial charge in [0.25, 0.3) is 0 Å². The average Bonchev–Trinajstić information content (AvgIpc) is 2.53. The minimum Gasteiger partial charge on any atom is -0.490 e. The molecule has 4 heteroatoms. The van der Waals surface area contributed by atoms with E-state index in [1.807, 2.05) is 49.4 Å². The fourth-order valence-electron chi connectivity index (χ4n) is 1.90. The predicted octanol–water partition coefficient (Wildman–Crippen LogP) is 3.45. The molecule has 21 heavy (non-hydrogen) atoms. The van der Waals surface area contributed by atoms with Gasteiger partial charge in [-0.1, -0.05) is 18.2 Å². The van der Waals surface area contributed by atoms with Crippen LogP contribution in [-0.4, -0.2) is 19.8 Å². The molecule has 0 radical (unpaired) electrons. The molecule has 108 valence electrons. The summed E-state index contributed by atoms with van der Waals surface area (Å²) in [6.07, 6.45) is 0. The number of hydrogen-bond acceptors (Lipinski definition) is 4. The monoisotopic (exact) mass is 282 g/mol. The molecule has 1 N–H and O–H groups in total. The number of hydrogen-bond donors (Lipinski definition) is 1. The Hall–Kier alpha value is -2.67. The molecule has 0 saturated heterocycles. The van der Waals surface area contributed by atoms with Crippen LogP contribution in [0.1, 0.15) is 12.5 Å². The third-order valence-electron chi connectivity index (χ3n) is 2.83. The molecule has 2 aromatic carbocycles. The van der Waals surface area contributed by atoms with Crippen molar-refractivity contribution in [2.24, 2.45) is 0 Å². The topological polar surface area (TPSA) is 54.3 Å². The van der Waals surface area contributed by atoms with E-state index in [9.17, 15) is 0 Å². The number of nitriles is 1. The van der Waals surface area contributed by atoms with Crippen molar-refractivity contribution in [2.45, 2.75) is 6.92 Å². The van der Waals surface area contributed by atoms with Crippen LogP contribution in [0.5, 0.6) is 11.5 Å². The Morgan fingerprint density at radius 3 is 2.52 bits per heavy atom. The van der Waals surface area contributed by atoms with E-state index in [1.165, 1.54) is 0 Å². The minimum atomic E-state index is 0.515. The summed E-state index contributed by atoms with van der Waals surface area (Å²) in [5.74, 6) is 1.50. The minimum absolute atomic E-state index is 0.515. The van der Waals surface area contributed by atoms with Gasteiger partial charge in [0.15, 0.2) is 11.5 Å². The zero-order chi connectivity index (χ0) is 14.9. The number of para-hydroxylation sites is 2. The molecule has 0 heterocycles. The Balaban J connectivity index is 1.83. The molecule has 2 aromatic rings. The zero-order valence-corrected chi connectivity index (χ0v) is 12.0. The highest BCUT2D eigenvalue weighted by atomic mass is 16.5. The summed E-state index contributed by atoms with van der Waals surface area (Å²) in [7, 11) is 0. The van der Waals surface area contributed by atoms with Crippen LogP contribution < -0.4 is 14.8 Å². The van der Waals surface area contributed by atoms with Gasteiger partial charge in [-0.2, -0.15) is 5.26 Å². The van der Waals surface area contributed by atoms with E-state index in [0.717, 1.165) is 17.2 Å². The van der Waals surface area contributed by atoms with Crippen molar-refractivity contribution in [1.29, 1.82) is 5.26 Å². The van der Waals surface area contributed by atoms with E-state index in [0.29, 0.717) is 25.3 Å². The van der Waals surface area contributed by atoms with Crippen LogP contribution in [0.3, 0.4) is 0 Å². The highest BCUT2D eigenvalue weighted by Gasteiger charge is 2.02. The summed E-state index contributed by atoms with van der Waals surface area (Å²) in [6, 6.07) is 17.1. The maximum absolute atomic E-state index is 8.85. The fraction of sp³-hybridized carbons (Fsp3) is 0.235. The number of rotatable bonds is 7. The first-order valence-electron chi connectivity index (χ1n) is 6.92. The van der Waals surface area contributed by atoms with Crippen LogP contribution >= 0.6 is 0 Å². The summed E-state index contributed by atoms with van der Waals surface area (Å²) in [6.45, 7) is 3.72. The van der Waals surface area contributed by atoms with E-state index in [-0.39, 0.29) is 0 Å². The van der Waals surface area contributed by atoms with Crippen molar-refractivity contribution >= 4 is 5.69 Å². The first-order valence-corrected chi connectivity index (χ1v) is 6.92. The summed E-state index contributed by atoms with van der Waals surface area (Å²) < 4.78 is 11.2. The van der Waals surface area contributed by atoms with Gasteiger partial charge in [0.1, 0.15) is 6.61 Å². The molecule has 0 aliphatic heterocycles. The fourth-order valence-corrected chi connectivity index (χ4v) is 1.90. The highest BCUT2D eigenvalue weighted by molar-refractivity contribution is 5.49. The molecule has 0 fully saturated rings. The molecule has 0 bridgehead atoms. The predicted molar refractivity (Wildman–Crippen MR) is 82.8 cm³/mol. The molecule has 0 atom stereocenters. The van der Waals surface area contributed by atoms with Crippen LogP contribution in [0.25, 0.3) is 0 Å². The Morgan fingerprint density at radius 1 is 1.05 bits per heavy atom. The molecule has 0 aromatic heterocycles. The number of anilines is 1. The standard InChI is InChI=1S/C17H18N2O2/c1-2-20-16-8-3-4-9-17(16)21-11-10-19-15-7-5-6-14(12-15)13-18/h3-9,12,19H,2,10-11H2,1H3. The van der Waals surface area contributed by atoms with Crippen LogP contribution in [-0.2, 0) is 0 Å². The average molecular weight is 282 g/mol.